The van der Waals surface area contributed by atoms with Crippen molar-refractivity contribution in [2.24, 2.45) is 0 Å². The Kier molecular flexibility index (Phi) is 3.81. The Bertz CT molecular complexity index is 506. The van der Waals surface area contributed by atoms with E-state index in [0.717, 1.165) is 5.75 Å². The highest BCUT2D eigenvalue weighted by atomic mass is 31.1. The van der Waals surface area contributed by atoms with E-state index >= 15 is 0 Å². The van der Waals surface area contributed by atoms with Crippen molar-refractivity contribution in [1.29, 1.82) is 0 Å². The summed E-state index contributed by atoms with van der Waals surface area (Å²) in [6, 6.07) is 14.9. The predicted molar refractivity (Wildman–Crippen MR) is 76.5 cm³/mol. The minimum atomic E-state index is 0.650. The summed E-state index contributed by atoms with van der Waals surface area (Å²) in [5.74, 6) is 1.03. The summed E-state index contributed by atoms with van der Waals surface area (Å²) in [4.78, 5) is 0. The fourth-order valence-electron chi connectivity index (χ4n) is 2.00. The first kappa shape index (κ1) is 12.1. The minimum Gasteiger partial charge on any atom is -0.496 e. The van der Waals surface area contributed by atoms with Gasteiger partial charge in [-0.05, 0) is 36.3 Å². The molecule has 0 amide bonds. The van der Waals surface area contributed by atoms with E-state index < -0.39 is 0 Å². The van der Waals surface area contributed by atoms with Crippen molar-refractivity contribution in [1.82, 2.24) is 0 Å². The second-order valence-corrected chi connectivity index (χ2v) is 5.52. The molecular formula is C15H17OP. The lowest BCUT2D eigenvalue weighted by Gasteiger charge is -2.12. The molecule has 0 aliphatic carbocycles. The van der Waals surface area contributed by atoms with Crippen molar-refractivity contribution in [3.8, 4) is 5.75 Å². The fraction of sp³-hybridized carbons (Fsp3) is 0.200. The van der Waals surface area contributed by atoms with Gasteiger partial charge in [0.05, 0.1) is 7.11 Å². The summed E-state index contributed by atoms with van der Waals surface area (Å²) >= 11 is 0. The zero-order valence-corrected chi connectivity index (χ0v) is 11.4. The Balaban J connectivity index is 2.38. The molecule has 1 atom stereocenters. The third-order valence-electron chi connectivity index (χ3n) is 2.68. The monoisotopic (exact) mass is 244 g/mol. The molecule has 0 spiro atoms. The van der Waals surface area contributed by atoms with Gasteiger partial charge in [0.25, 0.3) is 0 Å². The Hall–Kier alpha value is -1.33. The topological polar surface area (TPSA) is 9.23 Å². The lowest BCUT2D eigenvalue weighted by Crippen LogP contribution is -2.08. The lowest BCUT2D eigenvalue weighted by molar-refractivity contribution is 0.415. The average Bonchev–Trinajstić information content (AvgIpc) is 2.30. The molecule has 1 nitrogen and oxygen atoms in total. The van der Waals surface area contributed by atoms with Crippen LogP contribution < -0.4 is 15.3 Å². The van der Waals surface area contributed by atoms with Crippen LogP contribution in [0.1, 0.15) is 11.1 Å². The molecule has 0 saturated carbocycles. The van der Waals surface area contributed by atoms with Crippen molar-refractivity contribution >= 4 is 19.2 Å². The van der Waals surface area contributed by atoms with E-state index in [-0.39, 0.29) is 0 Å². The Labute approximate surface area is 105 Å². The first-order chi connectivity index (χ1) is 8.20. The van der Waals surface area contributed by atoms with Gasteiger partial charge < -0.3 is 4.74 Å². The number of methoxy groups -OCH3 is 1. The summed E-state index contributed by atoms with van der Waals surface area (Å²) in [6.45, 7) is 4.23. The average molecular weight is 244 g/mol. The number of hydrogen-bond acceptors (Lipinski definition) is 1. The predicted octanol–water partition coefficient (Wildman–Crippen LogP) is 2.94. The van der Waals surface area contributed by atoms with Crippen LogP contribution in [-0.2, 0) is 0 Å². The molecule has 2 rings (SSSR count). The summed E-state index contributed by atoms with van der Waals surface area (Å²) in [5.41, 5.74) is 2.51. The molecule has 0 saturated heterocycles. The first-order valence-electron chi connectivity index (χ1n) is 5.68. The van der Waals surface area contributed by atoms with E-state index in [2.05, 4.69) is 50.2 Å². The summed E-state index contributed by atoms with van der Waals surface area (Å²) < 4.78 is 5.51. The molecule has 0 bridgehead atoms. The Morgan fingerprint density at radius 2 is 1.71 bits per heavy atom. The van der Waals surface area contributed by atoms with Gasteiger partial charge in [0.1, 0.15) is 5.75 Å². The van der Waals surface area contributed by atoms with Gasteiger partial charge in [-0.3, -0.25) is 0 Å². The summed E-state index contributed by atoms with van der Waals surface area (Å²) in [5, 5.41) is 2.63. The van der Waals surface area contributed by atoms with Gasteiger partial charge in [-0.15, -0.1) is 0 Å². The van der Waals surface area contributed by atoms with Crippen LogP contribution in [0.4, 0.5) is 0 Å². The quantitative estimate of drug-likeness (QED) is 0.754. The van der Waals surface area contributed by atoms with Gasteiger partial charge in [-0.1, -0.05) is 45.0 Å². The van der Waals surface area contributed by atoms with E-state index in [0.29, 0.717) is 8.58 Å². The van der Waals surface area contributed by atoms with Gasteiger partial charge in [0.2, 0.25) is 0 Å². The normalized spacial score (nSPS) is 11.0. The molecule has 0 aliphatic rings. The van der Waals surface area contributed by atoms with Crippen molar-refractivity contribution in [2.45, 2.75) is 13.8 Å². The van der Waals surface area contributed by atoms with Crippen molar-refractivity contribution < 1.29 is 4.74 Å². The highest BCUT2D eigenvalue weighted by Crippen LogP contribution is 2.24. The molecule has 0 heterocycles. The van der Waals surface area contributed by atoms with Gasteiger partial charge in [-0.2, -0.15) is 0 Å². The largest absolute Gasteiger partial charge is 0.496 e. The van der Waals surface area contributed by atoms with E-state index in [1.807, 2.05) is 6.07 Å². The van der Waals surface area contributed by atoms with Gasteiger partial charge in [0.15, 0.2) is 0 Å². The first-order valence-corrected chi connectivity index (χ1v) is 6.68. The molecule has 0 fully saturated rings. The van der Waals surface area contributed by atoms with E-state index in [4.69, 9.17) is 4.74 Å². The maximum absolute atomic E-state index is 5.51. The van der Waals surface area contributed by atoms with E-state index in [1.165, 1.54) is 21.7 Å². The molecule has 1 unspecified atom stereocenters. The molecule has 88 valence electrons. The Morgan fingerprint density at radius 1 is 1.00 bits per heavy atom. The third-order valence-corrected chi connectivity index (χ3v) is 3.94. The van der Waals surface area contributed by atoms with Gasteiger partial charge in [0, 0.05) is 5.30 Å². The molecule has 2 aromatic rings. The highest BCUT2D eigenvalue weighted by molar-refractivity contribution is 7.55. The SMILES string of the molecule is COc1c(C)cc(C)cc1Pc1ccccc1. The zero-order chi connectivity index (χ0) is 12.3. The van der Waals surface area contributed by atoms with Crippen LogP contribution in [-0.4, -0.2) is 7.11 Å². The van der Waals surface area contributed by atoms with Crippen molar-refractivity contribution in [2.75, 3.05) is 7.11 Å². The standard InChI is InChI=1S/C15H17OP/c1-11-9-12(2)15(16-3)14(10-11)17-13-7-5-4-6-8-13/h4-10,17H,1-3H3. The second-order valence-electron chi connectivity index (χ2n) is 4.15. The van der Waals surface area contributed by atoms with Crippen LogP contribution in [0.25, 0.3) is 0 Å². The van der Waals surface area contributed by atoms with Crippen LogP contribution in [0.2, 0.25) is 0 Å². The van der Waals surface area contributed by atoms with Crippen LogP contribution in [0, 0.1) is 13.8 Å². The summed E-state index contributed by atoms with van der Waals surface area (Å²) in [7, 11) is 2.40. The minimum absolute atomic E-state index is 0.650. The lowest BCUT2D eigenvalue weighted by atomic mass is 10.1. The van der Waals surface area contributed by atoms with Gasteiger partial charge in [-0.25, -0.2) is 0 Å². The van der Waals surface area contributed by atoms with Crippen LogP contribution in [0.15, 0.2) is 42.5 Å². The van der Waals surface area contributed by atoms with E-state index in [1.54, 1.807) is 7.11 Å². The number of rotatable bonds is 3. The molecule has 17 heavy (non-hydrogen) atoms. The van der Waals surface area contributed by atoms with Crippen LogP contribution >= 0.6 is 8.58 Å². The fourth-order valence-corrected chi connectivity index (χ4v) is 3.38. The third kappa shape index (κ3) is 2.87. The molecule has 2 heteroatoms. The number of aryl methyl sites for hydroxylation is 2. The van der Waals surface area contributed by atoms with Crippen LogP contribution in [0.5, 0.6) is 5.75 Å². The molecule has 0 radical (unpaired) electrons. The molecule has 0 aromatic heterocycles. The van der Waals surface area contributed by atoms with Crippen LogP contribution in [0.3, 0.4) is 0 Å². The smallest absolute Gasteiger partial charge is 0.129 e. The number of benzene rings is 2. The van der Waals surface area contributed by atoms with Crippen molar-refractivity contribution in [3.63, 3.8) is 0 Å². The number of hydrogen-bond donors (Lipinski definition) is 0. The Morgan fingerprint density at radius 3 is 2.35 bits per heavy atom. The van der Waals surface area contributed by atoms with E-state index in [9.17, 15) is 0 Å². The molecular weight excluding hydrogens is 227 g/mol. The highest BCUT2D eigenvalue weighted by Gasteiger charge is 2.07. The molecule has 0 aliphatic heterocycles. The van der Waals surface area contributed by atoms with Gasteiger partial charge >= 0.3 is 0 Å². The maximum atomic E-state index is 5.51. The second kappa shape index (κ2) is 5.33. The number of ether oxygens (including phenoxy) is 1. The summed E-state index contributed by atoms with van der Waals surface area (Å²) in [6.07, 6.45) is 0. The zero-order valence-electron chi connectivity index (χ0n) is 10.4. The molecule has 2 aromatic carbocycles. The molecule has 0 N–H and O–H groups in total. The van der Waals surface area contributed by atoms with Crippen molar-refractivity contribution in [3.05, 3.63) is 53.6 Å². The maximum Gasteiger partial charge on any atom is 0.129 e.